The molecule has 0 saturated heterocycles. The van der Waals surface area contributed by atoms with Crippen LogP contribution >= 0.6 is 0 Å². The quantitative estimate of drug-likeness (QED) is 0.686. The van der Waals surface area contributed by atoms with Crippen LogP contribution in [0.25, 0.3) is 0 Å². The first-order valence-electron chi connectivity index (χ1n) is 8.02. The molecule has 0 spiro atoms. The van der Waals surface area contributed by atoms with E-state index in [-0.39, 0.29) is 5.89 Å². The standard InChI is InChI=1S/C19H17N3O4/c1-25-19(24)14-8-10-15(11-9-14)20-17(23)18-22-21-16(26-18)12-7-13-5-3-2-4-6-13/h2-6,8-11H,7,12H2,1H3,(H,20,23). The highest BCUT2D eigenvalue weighted by atomic mass is 16.5. The molecule has 1 aromatic heterocycles. The maximum absolute atomic E-state index is 12.2. The number of nitrogens with one attached hydrogen (secondary N) is 1. The van der Waals surface area contributed by atoms with E-state index in [1.54, 1.807) is 24.3 Å². The van der Waals surface area contributed by atoms with Crippen molar-refractivity contribution >= 4 is 17.6 Å². The van der Waals surface area contributed by atoms with Gasteiger partial charge < -0.3 is 14.5 Å². The van der Waals surface area contributed by atoms with Gasteiger partial charge in [0, 0.05) is 12.1 Å². The fourth-order valence-corrected chi connectivity index (χ4v) is 2.33. The van der Waals surface area contributed by atoms with Crippen molar-refractivity contribution in [1.82, 2.24) is 10.2 Å². The summed E-state index contributed by atoms with van der Waals surface area (Å²) in [6.45, 7) is 0. The number of amides is 1. The molecule has 3 rings (SSSR count). The van der Waals surface area contributed by atoms with Crippen molar-refractivity contribution in [3.63, 3.8) is 0 Å². The Kier molecular flexibility index (Phi) is 5.38. The van der Waals surface area contributed by atoms with Gasteiger partial charge in [0.25, 0.3) is 0 Å². The smallest absolute Gasteiger partial charge is 0.337 e. The number of carbonyl (C=O) groups is 2. The number of esters is 1. The number of benzene rings is 2. The normalized spacial score (nSPS) is 10.3. The molecule has 1 heterocycles. The number of nitrogens with zero attached hydrogens (tertiary/aromatic N) is 2. The average molecular weight is 351 g/mol. The zero-order chi connectivity index (χ0) is 18.4. The third-order valence-corrected chi connectivity index (χ3v) is 3.70. The van der Waals surface area contributed by atoms with Crippen molar-refractivity contribution in [1.29, 1.82) is 0 Å². The number of aromatic nitrogens is 2. The Bertz CT molecular complexity index is 889. The van der Waals surface area contributed by atoms with Gasteiger partial charge in [-0.2, -0.15) is 0 Å². The Morgan fingerprint density at radius 2 is 1.73 bits per heavy atom. The fourth-order valence-electron chi connectivity index (χ4n) is 2.33. The Hall–Kier alpha value is -3.48. The van der Waals surface area contributed by atoms with Gasteiger partial charge in [-0.15, -0.1) is 10.2 Å². The van der Waals surface area contributed by atoms with Crippen molar-refractivity contribution in [3.05, 3.63) is 77.5 Å². The number of aryl methyl sites for hydroxylation is 2. The predicted molar refractivity (Wildman–Crippen MR) is 93.9 cm³/mol. The first-order chi connectivity index (χ1) is 12.7. The first kappa shape index (κ1) is 17.3. The minimum Gasteiger partial charge on any atom is -0.465 e. The lowest BCUT2D eigenvalue weighted by Crippen LogP contribution is -2.12. The van der Waals surface area contributed by atoms with Crippen LogP contribution in [0.15, 0.2) is 59.0 Å². The van der Waals surface area contributed by atoms with E-state index in [0.29, 0.717) is 23.6 Å². The van der Waals surface area contributed by atoms with Gasteiger partial charge >= 0.3 is 17.8 Å². The van der Waals surface area contributed by atoms with E-state index >= 15 is 0 Å². The van der Waals surface area contributed by atoms with Gasteiger partial charge in [-0.3, -0.25) is 4.79 Å². The molecule has 132 valence electrons. The number of carbonyl (C=O) groups excluding carboxylic acids is 2. The van der Waals surface area contributed by atoms with Gasteiger partial charge in [-0.1, -0.05) is 30.3 Å². The molecule has 3 aromatic rings. The van der Waals surface area contributed by atoms with Gasteiger partial charge in [0.1, 0.15) is 0 Å². The van der Waals surface area contributed by atoms with Crippen LogP contribution < -0.4 is 5.32 Å². The predicted octanol–water partition coefficient (Wildman–Crippen LogP) is 2.89. The molecule has 7 heteroatoms. The monoisotopic (exact) mass is 351 g/mol. The molecule has 7 nitrogen and oxygen atoms in total. The van der Waals surface area contributed by atoms with Crippen molar-refractivity contribution in [2.75, 3.05) is 12.4 Å². The Balaban J connectivity index is 1.58. The number of ether oxygens (including phenoxy) is 1. The molecule has 1 N–H and O–H groups in total. The summed E-state index contributed by atoms with van der Waals surface area (Å²) in [4.78, 5) is 23.6. The van der Waals surface area contributed by atoms with Crippen molar-refractivity contribution in [3.8, 4) is 0 Å². The average Bonchev–Trinajstić information content (AvgIpc) is 3.16. The van der Waals surface area contributed by atoms with Crippen LogP contribution in [-0.4, -0.2) is 29.2 Å². The maximum Gasteiger partial charge on any atom is 0.337 e. The highest BCUT2D eigenvalue weighted by Crippen LogP contribution is 2.12. The van der Waals surface area contributed by atoms with E-state index in [2.05, 4.69) is 20.3 Å². The van der Waals surface area contributed by atoms with Gasteiger partial charge in [0.2, 0.25) is 5.89 Å². The number of anilines is 1. The van der Waals surface area contributed by atoms with Gasteiger partial charge in [-0.05, 0) is 36.2 Å². The van der Waals surface area contributed by atoms with E-state index in [9.17, 15) is 9.59 Å². The summed E-state index contributed by atoms with van der Waals surface area (Å²) in [5.41, 5.74) is 2.06. The molecule has 0 atom stereocenters. The topological polar surface area (TPSA) is 94.3 Å². The Morgan fingerprint density at radius 1 is 1.00 bits per heavy atom. The number of hydrogen-bond donors (Lipinski definition) is 1. The van der Waals surface area contributed by atoms with Crippen LogP contribution in [0.3, 0.4) is 0 Å². The summed E-state index contributed by atoms with van der Waals surface area (Å²) in [7, 11) is 1.31. The van der Waals surface area contributed by atoms with Crippen LogP contribution in [0.2, 0.25) is 0 Å². The number of methoxy groups -OCH3 is 1. The van der Waals surface area contributed by atoms with Crippen LogP contribution in [0.5, 0.6) is 0 Å². The number of rotatable bonds is 6. The van der Waals surface area contributed by atoms with Crippen molar-refractivity contribution in [2.45, 2.75) is 12.8 Å². The first-order valence-corrected chi connectivity index (χ1v) is 8.02. The minimum atomic E-state index is -0.505. The van der Waals surface area contributed by atoms with Crippen molar-refractivity contribution < 1.29 is 18.7 Å². The van der Waals surface area contributed by atoms with E-state index < -0.39 is 11.9 Å². The minimum absolute atomic E-state index is 0.106. The molecule has 1 amide bonds. The molecule has 0 aliphatic carbocycles. The molecule has 0 saturated carbocycles. The van der Waals surface area contributed by atoms with Gasteiger partial charge in [0.15, 0.2) is 0 Å². The van der Waals surface area contributed by atoms with E-state index in [1.807, 2.05) is 30.3 Å². The summed E-state index contributed by atoms with van der Waals surface area (Å²) in [6, 6.07) is 16.2. The summed E-state index contributed by atoms with van der Waals surface area (Å²) in [5, 5.41) is 10.3. The lowest BCUT2D eigenvalue weighted by atomic mass is 10.1. The third-order valence-electron chi connectivity index (χ3n) is 3.70. The molecule has 0 aliphatic heterocycles. The Labute approximate surface area is 150 Å². The second-order valence-corrected chi connectivity index (χ2v) is 5.51. The molecule has 26 heavy (non-hydrogen) atoms. The van der Waals surface area contributed by atoms with E-state index in [1.165, 1.54) is 7.11 Å². The fraction of sp³-hybridized carbons (Fsp3) is 0.158. The molecule has 0 fully saturated rings. The molecular weight excluding hydrogens is 334 g/mol. The van der Waals surface area contributed by atoms with Crippen LogP contribution in [-0.2, 0) is 17.6 Å². The molecule has 0 unspecified atom stereocenters. The second kappa shape index (κ2) is 8.06. The van der Waals surface area contributed by atoms with Crippen LogP contribution in [0, 0.1) is 0 Å². The highest BCUT2D eigenvalue weighted by Gasteiger charge is 2.15. The lowest BCUT2D eigenvalue weighted by molar-refractivity contribution is 0.0600. The van der Waals surface area contributed by atoms with Gasteiger partial charge in [-0.25, -0.2) is 4.79 Å². The van der Waals surface area contributed by atoms with Gasteiger partial charge in [0.05, 0.1) is 12.7 Å². The molecule has 0 aliphatic rings. The van der Waals surface area contributed by atoms with E-state index in [4.69, 9.17) is 4.42 Å². The summed E-state index contributed by atoms with van der Waals surface area (Å²) < 4.78 is 10.0. The summed E-state index contributed by atoms with van der Waals surface area (Å²) in [6.07, 6.45) is 1.30. The second-order valence-electron chi connectivity index (χ2n) is 5.51. The molecule has 2 aromatic carbocycles. The van der Waals surface area contributed by atoms with Crippen molar-refractivity contribution in [2.24, 2.45) is 0 Å². The molecule has 0 radical (unpaired) electrons. The van der Waals surface area contributed by atoms with Crippen LogP contribution in [0.1, 0.15) is 32.5 Å². The highest BCUT2D eigenvalue weighted by molar-refractivity contribution is 6.01. The van der Waals surface area contributed by atoms with E-state index in [0.717, 1.165) is 12.0 Å². The summed E-state index contributed by atoms with van der Waals surface area (Å²) in [5.74, 6) is -0.651. The SMILES string of the molecule is COC(=O)c1ccc(NC(=O)c2nnc(CCc3ccccc3)o2)cc1. The zero-order valence-corrected chi connectivity index (χ0v) is 14.1. The largest absolute Gasteiger partial charge is 0.465 e. The Morgan fingerprint density at radius 3 is 2.42 bits per heavy atom. The summed E-state index contributed by atoms with van der Waals surface area (Å²) >= 11 is 0. The third kappa shape index (κ3) is 4.32. The lowest BCUT2D eigenvalue weighted by Gasteiger charge is -2.03. The molecule has 0 bridgehead atoms. The number of hydrogen-bond acceptors (Lipinski definition) is 6. The molecular formula is C19H17N3O4. The maximum atomic E-state index is 12.2. The van der Waals surface area contributed by atoms with Crippen LogP contribution in [0.4, 0.5) is 5.69 Å². The zero-order valence-electron chi connectivity index (χ0n) is 14.1.